The fraction of sp³-hybridized carbons (Fsp3) is 0. The Bertz CT molecular complexity index is 1090. The molecule has 0 fully saturated rings. The molecule has 0 atom stereocenters. The molecule has 124 valence electrons. The van der Waals surface area contributed by atoms with Crippen molar-refractivity contribution in [2.24, 2.45) is 0 Å². The molecule has 3 aromatic carbocycles. The van der Waals surface area contributed by atoms with Gasteiger partial charge in [0.1, 0.15) is 11.4 Å². The maximum absolute atomic E-state index is 13.7. The summed E-state index contributed by atoms with van der Waals surface area (Å²) in [7, 11) is 0. The summed E-state index contributed by atoms with van der Waals surface area (Å²) < 4.78 is 15.1. The Hall–Kier alpha value is -3.05. The number of hydrogen-bond donors (Lipinski definition) is 2. The van der Waals surface area contributed by atoms with Crippen molar-refractivity contribution in [2.45, 2.75) is 0 Å². The van der Waals surface area contributed by atoms with E-state index in [2.05, 4.69) is 5.10 Å². The number of halogens is 2. The van der Waals surface area contributed by atoms with Crippen LogP contribution in [0.3, 0.4) is 0 Å². The van der Waals surface area contributed by atoms with Gasteiger partial charge in [0.25, 0.3) is 0 Å². The van der Waals surface area contributed by atoms with Crippen molar-refractivity contribution in [3.05, 3.63) is 71.6 Å². The standard InChI is InChI=1S/C19H12ClFN2O2/c20-18-13-10-22-23(15(13)9-17(25)19(18)21)14-7-6-12(8-16(14)24)11-4-2-1-3-5-11/h1-10,24-25H. The third-order valence-electron chi connectivity index (χ3n) is 4.04. The summed E-state index contributed by atoms with van der Waals surface area (Å²) in [4.78, 5) is 0. The number of benzene rings is 3. The molecule has 0 aliphatic heterocycles. The maximum atomic E-state index is 13.7. The van der Waals surface area contributed by atoms with E-state index in [1.807, 2.05) is 36.4 Å². The van der Waals surface area contributed by atoms with Crippen LogP contribution in [0.5, 0.6) is 11.5 Å². The zero-order valence-electron chi connectivity index (χ0n) is 12.8. The number of aromatic hydroxyl groups is 2. The van der Waals surface area contributed by atoms with Crippen LogP contribution in [0, 0.1) is 5.82 Å². The van der Waals surface area contributed by atoms with Crippen LogP contribution >= 0.6 is 11.6 Å². The van der Waals surface area contributed by atoms with Gasteiger partial charge in [-0.2, -0.15) is 5.10 Å². The van der Waals surface area contributed by atoms with Gasteiger partial charge in [0, 0.05) is 11.5 Å². The summed E-state index contributed by atoms with van der Waals surface area (Å²) in [5.41, 5.74) is 2.62. The topological polar surface area (TPSA) is 58.3 Å². The van der Waals surface area contributed by atoms with Crippen LogP contribution in [0.4, 0.5) is 4.39 Å². The van der Waals surface area contributed by atoms with E-state index in [0.29, 0.717) is 16.6 Å². The molecule has 6 heteroatoms. The fourth-order valence-electron chi connectivity index (χ4n) is 2.79. The highest BCUT2D eigenvalue weighted by Gasteiger charge is 2.17. The maximum Gasteiger partial charge on any atom is 0.184 e. The highest BCUT2D eigenvalue weighted by Crippen LogP contribution is 2.36. The van der Waals surface area contributed by atoms with Gasteiger partial charge in [-0.3, -0.25) is 0 Å². The van der Waals surface area contributed by atoms with E-state index in [-0.39, 0.29) is 10.8 Å². The van der Waals surface area contributed by atoms with E-state index in [9.17, 15) is 14.6 Å². The molecule has 1 aromatic heterocycles. The molecule has 0 radical (unpaired) electrons. The minimum Gasteiger partial charge on any atom is -0.506 e. The van der Waals surface area contributed by atoms with Gasteiger partial charge in [-0.25, -0.2) is 9.07 Å². The van der Waals surface area contributed by atoms with Gasteiger partial charge < -0.3 is 10.2 Å². The zero-order chi connectivity index (χ0) is 17.6. The highest BCUT2D eigenvalue weighted by molar-refractivity contribution is 6.35. The summed E-state index contributed by atoms with van der Waals surface area (Å²) in [6.07, 6.45) is 1.39. The molecule has 4 rings (SSSR count). The monoisotopic (exact) mass is 354 g/mol. The Morgan fingerprint density at radius 1 is 0.920 bits per heavy atom. The number of hydrogen-bond acceptors (Lipinski definition) is 3. The second kappa shape index (κ2) is 5.79. The lowest BCUT2D eigenvalue weighted by Crippen LogP contribution is -1.97. The van der Waals surface area contributed by atoms with Gasteiger partial charge in [-0.15, -0.1) is 0 Å². The minimum atomic E-state index is -0.891. The van der Waals surface area contributed by atoms with Crippen molar-refractivity contribution >= 4 is 22.5 Å². The molecular weight excluding hydrogens is 343 g/mol. The van der Waals surface area contributed by atoms with Crippen LogP contribution in [0.2, 0.25) is 5.02 Å². The average Bonchev–Trinajstić information content (AvgIpc) is 3.04. The van der Waals surface area contributed by atoms with Gasteiger partial charge in [-0.1, -0.05) is 48.0 Å². The molecule has 2 N–H and O–H groups in total. The second-order valence-electron chi connectivity index (χ2n) is 5.58. The molecule has 0 unspecified atom stereocenters. The Morgan fingerprint density at radius 2 is 1.68 bits per heavy atom. The molecule has 25 heavy (non-hydrogen) atoms. The molecule has 0 spiro atoms. The Kier molecular flexibility index (Phi) is 3.58. The van der Waals surface area contributed by atoms with Crippen molar-refractivity contribution in [3.8, 4) is 28.3 Å². The average molecular weight is 355 g/mol. The largest absolute Gasteiger partial charge is 0.506 e. The number of rotatable bonds is 2. The van der Waals surface area contributed by atoms with Gasteiger partial charge in [-0.05, 0) is 23.3 Å². The smallest absolute Gasteiger partial charge is 0.184 e. The second-order valence-corrected chi connectivity index (χ2v) is 5.96. The van der Waals surface area contributed by atoms with Gasteiger partial charge in [0.15, 0.2) is 11.6 Å². The van der Waals surface area contributed by atoms with Crippen molar-refractivity contribution in [1.29, 1.82) is 0 Å². The Balaban J connectivity index is 1.87. The lowest BCUT2D eigenvalue weighted by atomic mass is 10.0. The van der Waals surface area contributed by atoms with Crippen LogP contribution in [0.25, 0.3) is 27.7 Å². The van der Waals surface area contributed by atoms with Crippen LogP contribution in [0.15, 0.2) is 60.8 Å². The highest BCUT2D eigenvalue weighted by atomic mass is 35.5. The summed E-state index contributed by atoms with van der Waals surface area (Å²) in [5, 5.41) is 24.4. The van der Waals surface area contributed by atoms with Crippen LogP contribution in [-0.4, -0.2) is 20.0 Å². The molecule has 4 aromatic rings. The number of phenols is 2. The zero-order valence-corrected chi connectivity index (χ0v) is 13.6. The van der Waals surface area contributed by atoms with Crippen molar-refractivity contribution in [3.63, 3.8) is 0 Å². The van der Waals surface area contributed by atoms with Crippen LogP contribution < -0.4 is 0 Å². The first-order valence-electron chi connectivity index (χ1n) is 7.50. The summed E-state index contributed by atoms with van der Waals surface area (Å²) in [6, 6.07) is 16.1. The third-order valence-corrected chi connectivity index (χ3v) is 4.41. The molecule has 0 saturated carbocycles. The number of nitrogens with zero attached hydrogens (tertiary/aromatic N) is 2. The van der Waals surface area contributed by atoms with E-state index in [0.717, 1.165) is 11.1 Å². The lowest BCUT2D eigenvalue weighted by molar-refractivity contribution is 0.433. The quantitative estimate of drug-likeness (QED) is 0.538. The first-order chi connectivity index (χ1) is 12.1. The molecule has 1 heterocycles. The minimum absolute atomic E-state index is 0.00582. The van der Waals surface area contributed by atoms with Crippen LogP contribution in [0.1, 0.15) is 0 Å². The van der Waals surface area contributed by atoms with E-state index >= 15 is 0 Å². The first-order valence-corrected chi connectivity index (χ1v) is 7.87. The SMILES string of the molecule is Oc1cc(-c2ccccc2)ccc1-n1ncc2c(Cl)c(F)c(O)cc21. The van der Waals surface area contributed by atoms with E-state index < -0.39 is 11.6 Å². The first kappa shape index (κ1) is 15.5. The molecule has 4 nitrogen and oxygen atoms in total. The summed E-state index contributed by atoms with van der Waals surface area (Å²) in [5.74, 6) is -1.46. The van der Waals surface area contributed by atoms with Gasteiger partial charge >= 0.3 is 0 Å². The number of fused-ring (bicyclic) bond motifs is 1. The van der Waals surface area contributed by atoms with Crippen molar-refractivity contribution in [2.75, 3.05) is 0 Å². The molecule has 0 saturated heterocycles. The predicted octanol–water partition coefficient (Wildman–Crippen LogP) is 4.90. The molecule has 0 amide bonds. The Morgan fingerprint density at radius 3 is 2.40 bits per heavy atom. The van der Waals surface area contributed by atoms with Crippen LogP contribution in [-0.2, 0) is 0 Å². The van der Waals surface area contributed by atoms with Gasteiger partial charge in [0.2, 0.25) is 0 Å². The molecule has 0 aliphatic rings. The molecular formula is C19H12ClFN2O2. The van der Waals surface area contributed by atoms with Crippen molar-refractivity contribution < 1.29 is 14.6 Å². The Labute approximate surface area is 147 Å². The predicted molar refractivity (Wildman–Crippen MR) is 94.8 cm³/mol. The van der Waals surface area contributed by atoms with E-state index in [1.54, 1.807) is 12.1 Å². The summed E-state index contributed by atoms with van der Waals surface area (Å²) in [6.45, 7) is 0. The number of phenolic OH excluding ortho intramolecular Hbond substituents is 2. The summed E-state index contributed by atoms with van der Waals surface area (Å²) >= 11 is 5.93. The molecule has 0 bridgehead atoms. The lowest BCUT2D eigenvalue weighted by Gasteiger charge is -2.09. The normalized spacial score (nSPS) is 11.1. The van der Waals surface area contributed by atoms with E-state index in [1.165, 1.54) is 16.9 Å². The van der Waals surface area contributed by atoms with E-state index in [4.69, 9.17) is 11.6 Å². The van der Waals surface area contributed by atoms with Gasteiger partial charge in [0.05, 0.1) is 16.7 Å². The van der Waals surface area contributed by atoms with Crippen molar-refractivity contribution in [1.82, 2.24) is 9.78 Å². The fourth-order valence-corrected chi connectivity index (χ4v) is 3.04. The number of aromatic nitrogens is 2. The molecule has 0 aliphatic carbocycles. The third kappa shape index (κ3) is 2.49.